The van der Waals surface area contributed by atoms with Crippen LogP contribution in [0.1, 0.15) is 24.4 Å². The van der Waals surface area contributed by atoms with Crippen molar-refractivity contribution in [3.05, 3.63) is 33.8 Å². The summed E-state index contributed by atoms with van der Waals surface area (Å²) in [6.45, 7) is 3.50. The number of hydrogen-bond donors (Lipinski definition) is 1. The first-order chi connectivity index (χ1) is 9.16. The summed E-state index contributed by atoms with van der Waals surface area (Å²) in [5.74, 6) is -0.451. The van der Waals surface area contributed by atoms with Gasteiger partial charge in [0.1, 0.15) is 11.6 Å². The van der Waals surface area contributed by atoms with Crippen LogP contribution in [0.5, 0.6) is 0 Å². The summed E-state index contributed by atoms with van der Waals surface area (Å²) in [5, 5.41) is 3.28. The van der Waals surface area contributed by atoms with Gasteiger partial charge in [0.05, 0.1) is 0 Å². The van der Waals surface area contributed by atoms with Crippen molar-refractivity contribution in [2.75, 3.05) is 26.2 Å². The van der Waals surface area contributed by atoms with E-state index in [1.807, 2.05) is 0 Å². The average Bonchev–Trinajstić information content (AvgIpc) is 3.18. The van der Waals surface area contributed by atoms with E-state index in [9.17, 15) is 8.78 Å². The van der Waals surface area contributed by atoms with Gasteiger partial charge >= 0.3 is 0 Å². The maximum Gasteiger partial charge on any atom is 0.132 e. The third-order valence-electron chi connectivity index (χ3n) is 3.95. The lowest BCUT2D eigenvalue weighted by molar-refractivity contribution is 0.149. The van der Waals surface area contributed by atoms with Gasteiger partial charge in [0, 0.05) is 42.3 Å². The van der Waals surface area contributed by atoms with Gasteiger partial charge in [-0.25, -0.2) is 8.78 Å². The second-order valence-corrected chi connectivity index (χ2v) is 6.27. The first-order valence-corrected chi connectivity index (χ1v) is 7.55. The average molecular weight is 331 g/mol. The van der Waals surface area contributed by atoms with Crippen LogP contribution in [0.2, 0.25) is 0 Å². The molecular formula is C14H17BrF2N2. The van der Waals surface area contributed by atoms with Gasteiger partial charge in [0.2, 0.25) is 0 Å². The minimum absolute atomic E-state index is 0.102. The molecule has 0 bridgehead atoms. The Morgan fingerprint density at radius 2 is 1.74 bits per heavy atom. The standard InChI is InChI=1S/C14H17BrF2N2/c15-10-7-11(16)13(12(17)8-10)14(9-1-2-9)19-5-3-18-4-6-19/h7-9,14,18H,1-6H2/t14-/m1/s1. The number of nitrogens with one attached hydrogen (secondary N) is 1. The van der Waals surface area contributed by atoms with Crippen molar-refractivity contribution in [3.8, 4) is 0 Å². The van der Waals surface area contributed by atoms with Crippen molar-refractivity contribution in [3.63, 3.8) is 0 Å². The molecule has 2 nitrogen and oxygen atoms in total. The van der Waals surface area contributed by atoms with Crippen molar-refractivity contribution < 1.29 is 8.78 Å². The van der Waals surface area contributed by atoms with E-state index in [1.54, 1.807) is 0 Å². The van der Waals surface area contributed by atoms with E-state index in [2.05, 4.69) is 26.1 Å². The van der Waals surface area contributed by atoms with Crippen LogP contribution in [0.15, 0.2) is 16.6 Å². The van der Waals surface area contributed by atoms with Crippen LogP contribution in [-0.4, -0.2) is 31.1 Å². The molecule has 19 heavy (non-hydrogen) atoms. The fraction of sp³-hybridized carbons (Fsp3) is 0.571. The monoisotopic (exact) mass is 330 g/mol. The van der Waals surface area contributed by atoms with Crippen LogP contribution in [0, 0.1) is 17.6 Å². The third-order valence-corrected chi connectivity index (χ3v) is 4.41. The second-order valence-electron chi connectivity index (χ2n) is 5.35. The molecule has 0 amide bonds. The topological polar surface area (TPSA) is 15.3 Å². The molecule has 1 atom stereocenters. The highest BCUT2D eigenvalue weighted by Crippen LogP contribution is 2.46. The molecule has 0 aromatic heterocycles. The number of benzene rings is 1. The van der Waals surface area contributed by atoms with Crippen molar-refractivity contribution in [1.82, 2.24) is 10.2 Å². The molecule has 1 aromatic carbocycles. The Hall–Kier alpha value is -0.520. The molecular weight excluding hydrogens is 314 g/mol. The van der Waals surface area contributed by atoms with Gasteiger partial charge in [0.15, 0.2) is 0 Å². The molecule has 104 valence electrons. The molecule has 1 N–H and O–H groups in total. The van der Waals surface area contributed by atoms with Gasteiger partial charge in [-0.1, -0.05) is 15.9 Å². The van der Waals surface area contributed by atoms with E-state index < -0.39 is 11.6 Å². The zero-order valence-corrected chi connectivity index (χ0v) is 12.2. The SMILES string of the molecule is Fc1cc(Br)cc(F)c1[C@@H](C1CC1)N1CCNCC1. The molecule has 3 rings (SSSR count). The van der Waals surface area contributed by atoms with Crippen molar-refractivity contribution in [1.29, 1.82) is 0 Å². The Bertz CT molecular complexity index is 448. The Morgan fingerprint density at radius 1 is 1.16 bits per heavy atom. The third kappa shape index (κ3) is 2.83. The summed E-state index contributed by atoms with van der Waals surface area (Å²) in [5.41, 5.74) is 0.257. The molecule has 1 saturated carbocycles. The Morgan fingerprint density at radius 3 is 2.26 bits per heavy atom. The highest BCUT2D eigenvalue weighted by Gasteiger charge is 2.39. The zero-order valence-electron chi connectivity index (χ0n) is 10.6. The molecule has 1 saturated heterocycles. The minimum atomic E-state index is -0.428. The summed E-state index contributed by atoms with van der Waals surface area (Å²) in [6.07, 6.45) is 2.15. The van der Waals surface area contributed by atoms with Gasteiger partial charge in [-0.05, 0) is 30.9 Å². The molecule has 2 aliphatic rings. The molecule has 1 aliphatic carbocycles. The van der Waals surface area contributed by atoms with Crippen LogP contribution in [0.4, 0.5) is 8.78 Å². The minimum Gasteiger partial charge on any atom is -0.314 e. The molecule has 1 heterocycles. The highest BCUT2D eigenvalue weighted by molar-refractivity contribution is 9.10. The number of halogens is 3. The number of piperazine rings is 1. The van der Waals surface area contributed by atoms with Gasteiger partial charge in [-0.15, -0.1) is 0 Å². The molecule has 0 spiro atoms. The van der Waals surface area contributed by atoms with Gasteiger partial charge < -0.3 is 5.32 Å². The van der Waals surface area contributed by atoms with Crippen LogP contribution in [-0.2, 0) is 0 Å². The summed E-state index contributed by atoms with van der Waals surface area (Å²) >= 11 is 3.14. The smallest absolute Gasteiger partial charge is 0.132 e. The number of rotatable bonds is 3. The van der Waals surface area contributed by atoms with Crippen LogP contribution < -0.4 is 5.32 Å². The molecule has 5 heteroatoms. The largest absolute Gasteiger partial charge is 0.314 e. The molecule has 2 fully saturated rings. The van der Waals surface area contributed by atoms with E-state index in [4.69, 9.17) is 0 Å². The second kappa shape index (κ2) is 5.46. The maximum absolute atomic E-state index is 14.2. The Kier molecular flexibility index (Phi) is 3.87. The molecule has 0 radical (unpaired) electrons. The lowest BCUT2D eigenvalue weighted by Gasteiger charge is -2.35. The summed E-state index contributed by atoms with van der Waals surface area (Å²) in [7, 11) is 0. The molecule has 1 aromatic rings. The van der Waals surface area contributed by atoms with Gasteiger partial charge in [0.25, 0.3) is 0 Å². The lowest BCUT2D eigenvalue weighted by Crippen LogP contribution is -2.46. The summed E-state index contributed by atoms with van der Waals surface area (Å²) in [4.78, 5) is 2.23. The van der Waals surface area contributed by atoms with E-state index in [0.717, 1.165) is 39.0 Å². The Labute approximate surface area is 120 Å². The zero-order chi connectivity index (χ0) is 13.4. The number of nitrogens with zero attached hydrogens (tertiary/aromatic N) is 1. The van der Waals surface area contributed by atoms with E-state index in [0.29, 0.717) is 10.4 Å². The summed E-state index contributed by atoms with van der Waals surface area (Å²) < 4.78 is 28.8. The normalized spacial score (nSPS) is 22.5. The Balaban J connectivity index is 1.95. The predicted molar refractivity (Wildman–Crippen MR) is 74.0 cm³/mol. The first kappa shape index (κ1) is 13.5. The maximum atomic E-state index is 14.2. The van der Waals surface area contributed by atoms with E-state index in [1.165, 1.54) is 12.1 Å². The van der Waals surface area contributed by atoms with Gasteiger partial charge in [-0.2, -0.15) is 0 Å². The van der Waals surface area contributed by atoms with E-state index in [-0.39, 0.29) is 11.6 Å². The van der Waals surface area contributed by atoms with Crippen molar-refractivity contribution in [2.24, 2.45) is 5.92 Å². The van der Waals surface area contributed by atoms with Crippen LogP contribution in [0.3, 0.4) is 0 Å². The fourth-order valence-electron chi connectivity index (χ4n) is 2.92. The van der Waals surface area contributed by atoms with E-state index >= 15 is 0 Å². The lowest BCUT2D eigenvalue weighted by atomic mass is 9.98. The first-order valence-electron chi connectivity index (χ1n) is 6.76. The number of hydrogen-bond acceptors (Lipinski definition) is 2. The van der Waals surface area contributed by atoms with Crippen molar-refractivity contribution >= 4 is 15.9 Å². The quantitative estimate of drug-likeness (QED) is 0.916. The highest BCUT2D eigenvalue weighted by atomic mass is 79.9. The fourth-order valence-corrected chi connectivity index (χ4v) is 3.33. The summed E-state index contributed by atoms with van der Waals surface area (Å²) in [6, 6.07) is 2.64. The van der Waals surface area contributed by atoms with Crippen LogP contribution >= 0.6 is 15.9 Å². The van der Waals surface area contributed by atoms with Crippen molar-refractivity contribution in [2.45, 2.75) is 18.9 Å². The van der Waals surface area contributed by atoms with Crippen LogP contribution in [0.25, 0.3) is 0 Å². The predicted octanol–water partition coefficient (Wildman–Crippen LogP) is 3.08. The van der Waals surface area contributed by atoms with Gasteiger partial charge in [-0.3, -0.25) is 4.90 Å². The molecule has 1 aliphatic heterocycles. The molecule has 0 unspecified atom stereocenters.